The van der Waals surface area contributed by atoms with Crippen molar-refractivity contribution < 1.29 is 4.79 Å². The van der Waals surface area contributed by atoms with Gasteiger partial charge in [0.1, 0.15) is 0 Å². The molecule has 2 aromatic heterocycles. The molecule has 0 saturated heterocycles. The average molecular weight is 299 g/mol. The van der Waals surface area contributed by atoms with Gasteiger partial charge in [0.05, 0.1) is 5.56 Å². The first-order valence-corrected chi connectivity index (χ1v) is 7.82. The summed E-state index contributed by atoms with van der Waals surface area (Å²) >= 11 is 1.48. The Kier molecular flexibility index (Phi) is 3.75. The number of thiazole rings is 1. The number of amides is 1. The molecule has 0 fully saturated rings. The second-order valence-electron chi connectivity index (χ2n) is 4.98. The van der Waals surface area contributed by atoms with Gasteiger partial charge in [0.25, 0.3) is 5.91 Å². The van der Waals surface area contributed by atoms with Crippen LogP contribution in [-0.4, -0.2) is 15.5 Å². The smallest absolute Gasteiger partial charge is 0.259 e. The van der Waals surface area contributed by atoms with Crippen LogP contribution >= 0.6 is 11.3 Å². The SMILES string of the molecule is CCCn1cc(C(=O)Nc2ncc(C)s2)c2ccccc21. The lowest BCUT2D eigenvalue weighted by molar-refractivity contribution is 0.102. The summed E-state index contributed by atoms with van der Waals surface area (Å²) in [6, 6.07) is 8.00. The van der Waals surface area contributed by atoms with E-state index in [1.165, 1.54) is 11.3 Å². The third-order valence-electron chi connectivity index (χ3n) is 3.34. The number of hydrogen-bond acceptors (Lipinski definition) is 3. The third-order valence-corrected chi connectivity index (χ3v) is 4.17. The maximum Gasteiger partial charge on any atom is 0.259 e. The molecule has 1 aromatic carbocycles. The van der Waals surface area contributed by atoms with Gasteiger partial charge in [-0.15, -0.1) is 11.3 Å². The Morgan fingerprint density at radius 1 is 1.38 bits per heavy atom. The molecule has 3 aromatic rings. The van der Waals surface area contributed by atoms with Crippen molar-refractivity contribution >= 4 is 33.3 Å². The predicted molar refractivity (Wildman–Crippen MR) is 87.0 cm³/mol. The van der Waals surface area contributed by atoms with Crippen molar-refractivity contribution in [2.45, 2.75) is 26.8 Å². The summed E-state index contributed by atoms with van der Waals surface area (Å²) in [5.41, 5.74) is 1.80. The molecular formula is C16H17N3OS. The van der Waals surface area contributed by atoms with E-state index in [-0.39, 0.29) is 5.91 Å². The number of aryl methyl sites for hydroxylation is 2. The Hall–Kier alpha value is -2.14. The summed E-state index contributed by atoms with van der Waals surface area (Å²) in [5, 5.41) is 4.51. The zero-order valence-corrected chi connectivity index (χ0v) is 12.9. The van der Waals surface area contributed by atoms with Crippen molar-refractivity contribution in [3.63, 3.8) is 0 Å². The van der Waals surface area contributed by atoms with Crippen LogP contribution in [-0.2, 0) is 6.54 Å². The lowest BCUT2D eigenvalue weighted by Gasteiger charge is -2.00. The molecule has 0 atom stereocenters. The van der Waals surface area contributed by atoms with Crippen LogP contribution in [0.3, 0.4) is 0 Å². The molecule has 108 valence electrons. The van der Waals surface area contributed by atoms with Crippen molar-refractivity contribution in [3.8, 4) is 0 Å². The first-order valence-electron chi connectivity index (χ1n) is 7.00. The number of fused-ring (bicyclic) bond motifs is 1. The Morgan fingerprint density at radius 3 is 2.90 bits per heavy atom. The summed E-state index contributed by atoms with van der Waals surface area (Å²) in [4.78, 5) is 17.8. The fraction of sp³-hybridized carbons (Fsp3) is 0.250. The molecule has 0 aliphatic heterocycles. The fourth-order valence-electron chi connectivity index (χ4n) is 2.43. The number of aromatic nitrogens is 2. The molecule has 1 N–H and O–H groups in total. The van der Waals surface area contributed by atoms with E-state index < -0.39 is 0 Å². The number of carbonyl (C=O) groups is 1. The minimum atomic E-state index is -0.101. The van der Waals surface area contributed by atoms with E-state index in [0.29, 0.717) is 10.7 Å². The number of carbonyl (C=O) groups excluding carboxylic acids is 1. The van der Waals surface area contributed by atoms with E-state index in [4.69, 9.17) is 0 Å². The molecule has 0 spiro atoms. The first-order chi connectivity index (χ1) is 10.2. The molecule has 4 nitrogen and oxygen atoms in total. The van der Waals surface area contributed by atoms with Crippen LogP contribution in [0.2, 0.25) is 0 Å². The lowest BCUT2D eigenvalue weighted by Crippen LogP contribution is -2.11. The van der Waals surface area contributed by atoms with Crippen LogP contribution in [0.1, 0.15) is 28.6 Å². The molecule has 21 heavy (non-hydrogen) atoms. The second-order valence-corrected chi connectivity index (χ2v) is 6.22. The predicted octanol–water partition coefficient (Wildman–Crippen LogP) is 4.07. The third kappa shape index (κ3) is 2.69. The van der Waals surface area contributed by atoms with Gasteiger partial charge in [-0.2, -0.15) is 0 Å². The highest BCUT2D eigenvalue weighted by Crippen LogP contribution is 2.24. The van der Waals surface area contributed by atoms with E-state index in [1.54, 1.807) is 6.20 Å². The van der Waals surface area contributed by atoms with Crippen LogP contribution in [0.15, 0.2) is 36.7 Å². The van der Waals surface area contributed by atoms with Crippen LogP contribution in [0.25, 0.3) is 10.9 Å². The Morgan fingerprint density at radius 2 is 2.19 bits per heavy atom. The zero-order valence-electron chi connectivity index (χ0n) is 12.1. The molecule has 0 aliphatic carbocycles. The van der Waals surface area contributed by atoms with Crippen LogP contribution < -0.4 is 5.32 Å². The number of rotatable bonds is 4. The quantitative estimate of drug-likeness (QED) is 0.789. The number of hydrogen-bond donors (Lipinski definition) is 1. The van der Waals surface area contributed by atoms with Gasteiger partial charge >= 0.3 is 0 Å². The Labute approximate surface area is 127 Å². The summed E-state index contributed by atoms with van der Waals surface area (Å²) in [6.07, 6.45) is 4.73. The number of benzene rings is 1. The van der Waals surface area contributed by atoms with Crippen molar-refractivity contribution in [1.29, 1.82) is 0 Å². The topological polar surface area (TPSA) is 46.9 Å². The van der Waals surface area contributed by atoms with E-state index in [9.17, 15) is 4.79 Å². The van der Waals surface area contributed by atoms with Crippen molar-refractivity contribution in [1.82, 2.24) is 9.55 Å². The normalized spacial score (nSPS) is 11.0. The van der Waals surface area contributed by atoms with Gasteiger partial charge in [0.15, 0.2) is 5.13 Å². The highest BCUT2D eigenvalue weighted by molar-refractivity contribution is 7.15. The first kappa shape index (κ1) is 13.8. The lowest BCUT2D eigenvalue weighted by atomic mass is 10.1. The number of nitrogens with zero attached hydrogens (tertiary/aromatic N) is 2. The van der Waals surface area contributed by atoms with E-state index >= 15 is 0 Å². The van der Waals surface area contributed by atoms with Crippen molar-refractivity contribution in [2.75, 3.05) is 5.32 Å². The highest BCUT2D eigenvalue weighted by Gasteiger charge is 2.15. The van der Waals surface area contributed by atoms with E-state index in [2.05, 4.69) is 27.9 Å². The number of nitrogens with one attached hydrogen (secondary N) is 1. The van der Waals surface area contributed by atoms with Crippen molar-refractivity contribution in [3.05, 3.63) is 47.1 Å². The number of para-hydroxylation sites is 1. The van der Waals surface area contributed by atoms with Gasteiger partial charge in [-0.1, -0.05) is 25.1 Å². The van der Waals surface area contributed by atoms with Gasteiger partial charge in [0, 0.05) is 34.7 Å². The van der Waals surface area contributed by atoms with Gasteiger partial charge in [-0.3, -0.25) is 10.1 Å². The van der Waals surface area contributed by atoms with E-state index in [1.807, 2.05) is 31.3 Å². The molecule has 0 bridgehead atoms. The average Bonchev–Trinajstić information content (AvgIpc) is 3.04. The Bertz CT molecular complexity index is 788. The molecule has 2 heterocycles. The molecule has 3 rings (SSSR count). The molecule has 5 heteroatoms. The summed E-state index contributed by atoms with van der Waals surface area (Å²) in [6.45, 7) is 5.01. The monoisotopic (exact) mass is 299 g/mol. The van der Waals surface area contributed by atoms with Crippen LogP contribution in [0.4, 0.5) is 5.13 Å². The zero-order chi connectivity index (χ0) is 14.8. The van der Waals surface area contributed by atoms with Gasteiger partial charge in [0.2, 0.25) is 0 Å². The second kappa shape index (κ2) is 5.69. The largest absolute Gasteiger partial charge is 0.347 e. The van der Waals surface area contributed by atoms with Gasteiger partial charge < -0.3 is 4.57 Å². The van der Waals surface area contributed by atoms with E-state index in [0.717, 1.165) is 28.7 Å². The molecule has 1 amide bonds. The van der Waals surface area contributed by atoms with Crippen LogP contribution in [0.5, 0.6) is 0 Å². The molecule has 0 saturated carbocycles. The fourth-order valence-corrected chi connectivity index (χ4v) is 3.09. The maximum atomic E-state index is 12.5. The molecule has 0 unspecified atom stereocenters. The summed E-state index contributed by atoms with van der Waals surface area (Å²) < 4.78 is 2.14. The van der Waals surface area contributed by atoms with Crippen molar-refractivity contribution in [2.24, 2.45) is 0 Å². The summed E-state index contributed by atoms with van der Waals surface area (Å²) in [7, 11) is 0. The molecule has 0 aliphatic rings. The van der Waals surface area contributed by atoms with Gasteiger partial charge in [-0.25, -0.2) is 4.98 Å². The maximum absolute atomic E-state index is 12.5. The number of anilines is 1. The van der Waals surface area contributed by atoms with Gasteiger partial charge in [-0.05, 0) is 19.4 Å². The molecular weight excluding hydrogens is 282 g/mol. The summed E-state index contributed by atoms with van der Waals surface area (Å²) in [5.74, 6) is -0.101. The Balaban J connectivity index is 1.97. The highest BCUT2D eigenvalue weighted by atomic mass is 32.1. The minimum absolute atomic E-state index is 0.101. The standard InChI is InChI=1S/C16H17N3OS/c1-3-8-19-10-13(12-6-4-5-7-14(12)19)15(20)18-16-17-9-11(2)21-16/h4-7,9-10H,3,8H2,1-2H3,(H,17,18,20). The van der Waals surface area contributed by atoms with Crippen LogP contribution in [0, 0.1) is 6.92 Å². The minimum Gasteiger partial charge on any atom is -0.347 e. The molecule has 0 radical (unpaired) electrons.